The van der Waals surface area contributed by atoms with Gasteiger partial charge in [-0.1, -0.05) is 20.3 Å². The Morgan fingerprint density at radius 1 is 1.62 bits per heavy atom. The predicted octanol–water partition coefficient (Wildman–Crippen LogP) is 1.82. The van der Waals surface area contributed by atoms with E-state index < -0.39 is 0 Å². The summed E-state index contributed by atoms with van der Waals surface area (Å²) in [6, 6.07) is 0.574. The third kappa shape index (κ3) is 4.41. The van der Waals surface area contributed by atoms with Gasteiger partial charge >= 0.3 is 0 Å². The van der Waals surface area contributed by atoms with Gasteiger partial charge in [-0.05, 0) is 12.5 Å². The van der Waals surface area contributed by atoms with Crippen molar-refractivity contribution in [2.75, 3.05) is 12.5 Å². The topological polar surface area (TPSA) is 12.0 Å². The van der Waals surface area contributed by atoms with E-state index in [1.165, 1.54) is 6.42 Å². The summed E-state index contributed by atoms with van der Waals surface area (Å²) < 4.78 is 0. The van der Waals surface area contributed by atoms with E-state index in [1.807, 2.05) is 0 Å². The zero-order chi connectivity index (χ0) is 6.41. The van der Waals surface area contributed by atoms with Crippen molar-refractivity contribution in [1.29, 1.82) is 0 Å². The van der Waals surface area contributed by atoms with Crippen LogP contribution in [-0.2, 0) is 0 Å². The van der Waals surface area contributed by atoms with Gasteiger partial charge in [0.1, 0.15) is 0 Å². The Balaban J connectivity index is 2.86. The van der Waals surface area contributed by atoms with Crippen molar-refractivity contribution in [3.05, 3.63) is 0 Å². The van der Waals surface area contributed by atoms with Gasteiger partial charge < -0.3 is 5.32 Å². The van der Waals surface area contributed by atoms with E-state index in [4.69, 9.17) is 11.6 Å². The lowest BCUT2D eigenvalue weighted by Gasteiger charge is -2.05. The molecule has 0 aromatic rings. The highest BCUT2D eigenvalue weighted by molar-refractivity contribution is 6.17. The Morgan fingerprint density at radius 3 is 2.62 bits per heavy atom. The second kappa shape index (κ2) is 5.39. The van der Waals surface area contributed by atoms with Gasteiger partial charge in [0, 0.05) is 0 Å². The Kier molecular flexibility index (Phi) is 5.56. The minimum atomic E-state index is 0.574. The molecule has 1 atom stereocenters. The third-order valence-corrected chi connectivity index (χ3v) is 1.47. The maximum absolute atomic E-state index is 5.39. The van der Waals surface area contributed by atoms with E-state index in [1.54, 1.807) is 0 Å². The lowest BCUT2D eigenvalue weighted by Crippen LogP contribution is -2.18. The predicted molar refractivity (Wildman–Crippen MR) is 38.2 cm³/mol. The van der Waals surface area contributed by atoms with E-state index in [0.29, 0.717) is 6.00 Å². The molecule has 0 heterocycles. The van der Waals surface area contributed by atoms with Crippen molar-refractivity contribution in [3.8, 4) is 0 Å². The average molecular weight is 136 g/mol. The first-order chi connectivity index (χ1) is 3.81. The highest BCUT2D eigenvalue weighted by atomic mass is 35.5. The number of alkyl halides is 1. The van der Waals surface area contributed by atoms with Crippen LogP contribution in [0.25, 0.3) is 0 Å². The number of halogens is 1. The second-order valence-electron chi connectivity index (χ2n) is 2.10. The van der Waals surface area contributed by atoms with E-state index in [-0.39, 0.29) is 0 Å². The summed E-state index contributed by atoms with van der Waals surface area (Å²) in [5.74, 6) is 0.758. The molecule has 0 aliphatic rings. The molecule has 0 saturated carbocycles. The van der Waals surface area contributed by atoms with Crippen LogP contribution in [0.3, 0.4) is 0 Å². The van der Waals surface area contributed by atoms with Crippen LogP contribution in [0, 0.1) is 5.92 Å². The smallest absolute Gasteiger partial charge is 0.0713 e. The molecular formula is C6H14ClN. The normalized spacial score (nSPS) is 13.9. The molecule has 8 heavy (non-hydrogen) atoms. The van der Waals surface area contributed by atoms with Crippen LogP contribution in [-0.4, -0.2) is 12.5 Å². The number of hydrogen-bond donors (Lipinski definition) is 1. The summed E-state index contributed by atoms with van der Waals surface area (Å²) in [6.45, 7) is 5.43. The van der Waals surface area contributed by atoms with Gasteiger partial charge in [-0.3, -0.25) is 0 Å². The number of hydrogen-bond acceptors (Lipinski definition) is 1. The Labute approximate surface area is 56.4 Å². The lowest BCUT2D eigenvalue weighted by molar-refractivity contribution is 0.523. The van der Waals surface area contributed by atoms with Gasteiger partial charge in [0.05, 0.1) is 6.00 Å². The average Bonchev–Trinajstić information content (AvgIpc) is 1.83. The number of nitrogens with one attached hydrogen (secondary N) is 1. The molecule has 0 bridgehead atoms. The van der Waals surface area contributed by atoms with Gasteiger partial charge in [0.15, 0.2) is 0 Å². The molecule has 0 radical (unpaired) electrons. The van der Waals surface area contributed by atoms with Crippen LogP contribution in [0.4, 0.5) is 0 Å². The fourth-order valence-electron chi connectivity index (χ4n) is 0.445. The quantitative estimate of drug-likeness (QED) is 0.458. The zero-order valence-electron chi connectivity index (χ0n) is 5.58. The van der Waals surface area contributed by atoms with Gasteiger partial charge in [-0.15, -0.1) is 11.6 Å². The number of rotatable bonds is 4. The molecule has 2 heteroatoms. The lowest BCUT2D eigenvalue weighted by atomic mass is 10.1. The maximum atomic E-state index is 5.39. The molecule has 0 amide bonds. The molecular weight excluding hydrogens is 122 g/mol. The summed E-state index contributed by atoms with van der Waals surface area (Å²) in [7, 11) is 0. The Hall–Kier alpha value is 0.250. The molecule has 0 spiro atoms. The van der Waals surface area contributed by atoms with E-state index in [0.717, 1.165) is 12.5 Å². The van der Waals surface area contributed by atoms with Gasteiger partial charge in [-0.25, -0.2) is 0 Å². The van der Waals surface area contributed by atoms with Crippen molar-refractivity contribution in [1.82, 2.24) is 5.32 Å². The summed E-state index contributed by atoms with van der Waals surface area (Å²) in [6.07, 6.45) is 1.23. The second-order valence-corrected chi connectivity index (χ2v) is 2.37. The van der Waals surface area contributed by atoms with E-state index >= 15 is 0 Å². The highest BCUT2D eigenvalue weighted by Gasteiger charge is 1.94. The van der Waals surface area contributed by atoms with Crippen LogP contribution in [0.1, 0.15) is 20.3 Å². The van der Waals surface area contributed by atoms with Crippen molar-refractivity contribution < 1.29 is 0 Å². The summed E-state index contributed by atoms with van der Waals surface area (Å²) in [4.78, 5) is 0. The Morgan fingerprint density at radius 2 is 2.25 bits per heavy atom. The van der Waals surface area contributed by atoms with Crippen molar-refractivity contribution >= 4 is 11.6 Å². The minimum absolute atomic E-state index is 0.574. The van der Waals surface area contributed by atoms with Crippen molar-refractivity contribution in [2.24, 2.45) is 5.92 Å². The first kappa shape index (κ1) is 8.25. The summed E-state index contributed by atoms with van der Waals surface area (Å²) in [5.41, 5.74) is 0. The standard InChI is InChI=1S/C6H14ClN/c1-3-6(2)4-8-5-7/h6,8H,3-5H2,1-2H3. The summed E-state index contributed by atoms with van der Waals surface area (Å²) in [5, 5.41) is 3.06. The highest BCUT2D eigenvalue weighted by Crippen LogP contribution is 1.96. The molecule has 0 rings (SSSR count). The van der Waals surface area contributed by atoms with Crippen LogP contribution >= 0.6 is 11.6 Å². The fraction of sp³-hybridized carbons (Fsp3) is 1.00. The third-order valence-electron chi connectivity index (χ3n) is 1.28. The molecule has 1 nitrogen and oxygen atoms in total. The van der Waals surface area contributed by atoms with Crippen LogP contribution in [0.2, 0.25) is 0 Å². The SMILES string of the molecule is CCC(C)CNCCl. The monoisotopic (exact) mass is 135 g/mol. The summed E-state index contributed by atoms with van der Waals surface area (Å²) >= 11 is 5.39. The Bertz CT molecular complexity index is 47.8. The molecule has 0 aliphatic heterocycles. The van der Waals surface area contributed by atoms with Crippen molar-refractivity contribution in [3.63, 3.8) is 0 Å². The largest absolute Gasteiger partial charge is 0.304 e. The van der Waals surface area contributed by atoms with Crippen molar-refractivity contribution in [2.45, 2.75) is 20.3 Å². The van der Waals surface area contributed by atoms with Crippen LogP contribution in [0.5, 0.6) is 0 Å². The molecule has 1 unspecified atom stereocenters. The van der Waals surface area contributed by atoms with Gasteiger partial charge in [0.25, 0.3) is 0 Å². The fourth-order valence-corrected chi connectivity index (χ4v) is 0.554. The zero-order valence-corrected chi connectivity index (χ0v) is 6.33. The first-order valence-corrected chi connectivity index (χ1v) is 3.61. The van der Waals surface area contributed by atoms with Crippen LogP contribution < -0.4 is 5.32 Å². The van der Waals surface area contributed by atoms with E-state index in [2.05, 4.69) is 19.2 Å². The molecule has 1 N–H and O–H groups in total. The molecule has 0 saturated heterocycles. The molecule has 0 fully saturated rings. The van der Waals surface area contributed by atoms with Crippen LogP contribution in [0.15, 0.2) is 0 Å². The van der Waals surface area contributed by atoms with E-state index in [9.17, 15) is 0 Å². The molecule has 50 valence electrons. The molecule has 0 aromatic carbocycles. The minimum Gasteiger partial charge on any atom is -0.304 e. The molecule has 0 aliphatic carbocycles. The first-order valence-electron chi connectivity index (χ1n) is 3.08. The maximum Gasteiger partial charge on any atom is 0.0713 e. The van der Waals surface area contributed by atoms with Gasteiger partial charge in [-0.2, -0.15) is 0 Å². The molecule has 0 aromatic heterocycles. The van der Waals surface area contributed by atoms with Gasteiger partial charge in [0.2, 0.25) is 0 Å².